The molecule has 0 unspecified atom stereocenters. The maximum absolute atomic E-state index is 11.9. The van der Waals surface area contributed by atoms with E-state index in [1.54, 1.807) is 10.6 Å². The molecule has 2 N–H and O–H groups in total. The summed E-state index contributed by atoms with van der Waals surface area (Å²) in [6, 6.07) is 8.10. The first kappa shape index (κ1) is 15.2. The predicted molar refractivity (Wildman–Crippen MR) is 85.2 cm³/mol. The van der Waals surface area contributed by atoms with Crippen molar-refractivity contribution in [2.45, 2.75) is 12.8 Å². The zero-order valence-corrected chi connectivity index (χ0v) is 12.5. The van der Waals surface area contributed by atoms with Gasteiger partial charge in [0.1, 0.15) is 23.3 Å². The maximum atomic E-state index is 11.9. The lowest BCUT2D eigenvalue weighted by Gasteiger charge is -2.15. The smallest absolute Gasteiger partial charge is 0.159 e. The van der Waals surface area contributed by atoms with Crippen LogP contribution in [0.15, 0.2) is 42.6 Å². The van der Waals surface area contributed by atoms with E-state index in [4.69, 9.17) is 5.73 Å². The van der Waals surface area contributed by atoms with Gasteiger partial charge in [-0.25, -0.2) is 18.3 Å². The molecule has 0 saturated carbocycles. The van der Waals surface area contributed by atoms with Crippen molar-refractivity contribution in [1.29, 1.82) is 0 Å². The second-order valence-corrected chi connectivity index (χ2v) is 5.29. The Balaban J connectivity index is 0.000000166. The van der Waals surface area contributed by atoms with Gasteiger partial charge in [-0.1, -0.05) is 0 Å². The third kappa shape index (κ3) is 3.74. The molecule has 23 heavy (non-hydrogen) atoms. The first-order valence-corrected chi connectivity index (χ1v) is 7.40. The van der Waals surface area contributed by atoms with E-state index in [9.17, 15) is 8.78 Å². The molecule has 3 aromatic rings. The summed E-state index contributed by atoms with van der Waals surface area (Å²) in [7, 11) is 0. The van der Waals surface area contributed by atoms with Crippen LogP contribution in [0, 0.1) is 11.6 Å². The molecule has 2 aromatic heterocycles. The second-order valence-electron chi connectivity index (χ2n) is 5.29. The Bertz CT molecular complexity index is 758. The molecule has 3 heterocycles. The fraction of sp³-hybridized carbons (Fsp3) is 0.250. The van der Waals surface area contributed by atoms with Crippen LogP contribution in [0.3, 0.4) is 0 Å². The molecule has 1 aliphatic heterocycles. The van der Waals surface area contributed by atoms with Gasteiger partial charge in [0.2, 0.25) is 0 Å². The number of hydrogen-bond donors (Lipinski definition) is 1. The summed E-state index contributed by atoms with van der Waals surface area (Å²) in [4.78, 5) is 6.82. The minimum atomic E-state index is -0.411. The number of anilines is 2. The van der Waals surface area contributed by atoms with E-state index in [0.717, 1.165) is 48.8 Å². The fourth-order valence-corrected chi connectivity index (χ4v) is 2.44. The monoisotopic (exact) mass is 317 g/mol. The number of benzene rings is 1. The van der Waals surface area contributed by atoms with Gasteiger partial charge in [-0.05, 0) is 43.2 Å². The Morgan fingerprint density at radius 1 is 0.957 bits per heavy atom. The number of rotatable bonds is 1. The summed E-state index contributed by atoms with van der Waals surface area (Å²) in [5, 5.41) is 4.09. The molecule has 0 amide bonds. The molecular formula is C16H17F2N5. The van der Waals surface area contributed by atoms with Gasteiger partial charge in [-0.2, -0.15) is 0 Å². The van der Waals surface area contributed by atoms with Crippen LogP contribution >= 0.6 is 0 Å². The lowest BCUT2D eigenvalue weighted by Crippen LogP contribution is -2.19. The standard InChI is InChI=1S/C10H13N5.C6H4F2/c11-8-7-10-12-9(3-6-15(10)13-8)14-4-1-2-5-14;7-5-1-2-6(8)4-3-5/h3,6-7H,1-2,4-5H2,(H2,11,13);1-4H. The van der Waals surface area contributed by atoms with E-state index in [1.165, 1.54) is 12.8 Å². The van der Waals surface area contributed by atoms with Crippen LogP contribution in [0.1, 0.15) is 12.8 Å². The van der Waals surface area contributed by atoms with Crippen molar-refractivity contribution >= 4 is 17.3 Å². The molecule has 0 radical (unpaired) electrons. The highest BCUT2D eigenvalue weighted by molar-refractivity contribution is 5.53. The molecule has 4 rings (SSSR count). The summed E-state index contributed by atoms with van der Waals surface area (Å²) in [5.74, 6) is 0.721. The molecule has 0 atom stereocenters. The van der Waals surface area contributed by atoms with Gasteiger partial charge in [0.15, 0.2) is 5.65 Å². The Hall–Kier alpha value is -2.70. The van der Waals surface area contributed by atoms with Crippen LogP contribution in [-0.4, -0.2) is 27.7 Å². The summed E-state index contributed by atoms with van der Waals surface area (Å²) in [5.41, 5.74) is 6.43. The zero-order valence-electron chi connectivity index (χ0n) is 12.5. The van der Waals surface area contributed by atoms with Crippen molar-refractivity contribution in [1.82, 2.24) is 14.6 Å². The van der Waals surface area contributed by atoms with Crippen molar-refractivity contribution in [2.75, 3.05) is 23.7 Å². The molecule has 7 heteroatoms. The fourth-order valence-electron chi connectivity index (χ4n) is 2.44. The number of halogens is 2. The van der Waals surface area contributed by atoms with Crippen molar-refractivity contribution < 1.29 is 8.78 Å². The zero-order chi connectivity index (χ0) is 16.2. The summed E-state index contributed by atoms with van der Waals surface area (Å²) >= 11 is 0. The highest BCUT2D eigenvalue weighted by atomic mass is 19.1. The van der Waals surface area contributed by atoms with E-state index in [2.05, 4.69) is 15.0 Å². The van der Waals surface area contributed by atoms with Crippen LogP contribution < -0.4 is 10.6 Å². The third-order valence-electron chi connectivity index (χ3n) is 3.56. The van der Waals surface area contributed by atoms with Crippen molar-refractivity contribution in [2.24, 2.45) is 0 Å². The SMILES string of the molecule is Fc1ccc(F)cc1.Nc1cc2nc(N3CCCC3)ccn2n1. The molecule has 1 aliphatic rings. The van der Waals surface area contributed by atoms with Gasteiger partial charge < -0.3 is 10.6 Å². The topological polar surface area (TPSA) is 59.5 Å². The van der Waals surface area contributed by atoms with Crippen LogP contribution in [0.4, 0.5) is 20.4 Å². The Morgan fingerprint density at radius 3 is 2.17 bits per heavy atom. The predicted octanol–water partition coefficient (Wildman–Crippen LogP) is 2.88. The van der Waals surface area contributed by atoms with E-state index < -0.39 is 11.6 Å². The van der Waals surface area contributed by atoms with E-state index in [1.807, 2.05) is 12.3 Å². The van der Waals surface area contributed by atoms with Crippen LogP contribution in [0.25, 0.3) is 5.65 Å². The molecule has 0 aliphatic carbocycles. The number of nitrogens with two attached hydrogens (primary N) is 1. The average molecular weight is 317 g/mol. The molecule has 1 aromatic carbocycles. The number of hydrogen-bond acceptors (Lipinski definition) is 4. The lowest BCUT2D eigenvalue weighted by atomic mass is 10.3. The Labute approximate surface area is 132 Å². The van der Waals surface area contributed by atoms with Crippen molar-refractivity contribution in [3.63, 3.8) is 0 Å². The number of fused-ring (bicyclic) bond motifs is 1. The van der Waals surface area contributed by atoms with Crippen LogP contribution in [0.2, 0.25) is 0 Å². The van der Waals surface area contributed by atoms with E-state index in [-0.39, 0.29) is 0 Å². The maximum Gasteiger partial charge on any atom is 0.159 e. The Kier molecular flexibility index (Phi) is 4.36. The van der Waals surface area contributed by atoms with Gasteiger partial charge in [0.05, 0.1) is 0 Å². The molecule has 0 bridgehead atoms. The number of aromatic nitrogens is 3. The summed E-state index contributed by atoms with van der Waals surface area (Å²) < 4.78 is 25.5. The first-order valence-electron chi connectivity index (χ1n) is 7.40. The quantitative estimate of drug-likeness (QED) is 0.750. The molecule has 5 nitrogen and oxygen atoms in total. The minimum absolute atomic E-state index is 0.411. The van der Waals surface area contributed by atoms with E-state index >= 15 is 0 Å². The number of nitrogen functional groups attached to an aromatic ring is 1. The molecule has 1 fully saturated rings. The summed E-state index contributed by atoms with van der Waals surface area (Å²) in [6.07, 6.45) is 4.43. The van der Waals surface area contributed by atoms with Crippen LogP contribution in [-0.2, 0) is 0 Å². The summed E-state index contributed by atoms with van der Waals surface area (Å²) in [6.45, 7) is 2.21. The largest absolute Gasteiger partial charge is 0.382 e. The Morgan fingerprint density at radius 2 is 1.57 bits per heavy atom. The first-order chi connectivity index (χ1) is 11.1. The highest BCUT2D eigenvalue weighted by Crippen LogP contribution is 2.18. The molecule has 0 spiro atoms. The average Bonchev–Trinajstić information content (AvgIpc) is 3.18. The minimum Gasteiger partial charge on any atom is -0.382 e. The highest BCUT2D eigenvalue weighted by Gasteiger charge is 2.13. The van der Waals surface area contributed by atoms with Gasteiger partial charge >= 0.3 is 0 Å². The van der Waals surface area contributed by atoms with E-state index in [0.29, 0.717) is 5.82 Å². The molecule has 120 valence electrons. The third-order valence-corrected chi connectivity index (χ3v) is 3.56. The van der Waals surface area contributed by atoms with Gasteiger partial charge in [0.25, 0.3) is 0 Å². The molecule has 1 saturated heterocycles. The number of nitrogens with zero attached hydrogens (tertiary/aromatic N) is 4. The normalized spacial score (nSPS) is 13.9. The van der Waals surface area contributed by atoms with Crippen LogP contribution in [0.5, 0.6) is 0 Å². The van der Waals surface area contributed by atoms with Gasteiger partial charge in [0, 0.05) is 25.4 Å². The van der Waals surface area contributed by atoms with Crippen molar-refractivity contribution in [3.8, 4) is 0 Å². The van der Waals surface area contributed by atoms with Gasteiger partial charge in [-0.3, -0.25) is 0 Å². The van der Waals surface area contributed by atoms with Crippen molar-refractivity contribution in [3.05, 3.63) is 54.2 Å². The lowest BCUT2D eigenvalue weighted by molar-refractivity contribution is 0.600. The van der Waals surface area contributed by atoms with Gasteiger partial charge in [-0.15, -0.1) is 5.10 Å². The molecular weight excluding hydrogens is 300 g/mol. The second kappa shape index (κ2) is 6.60.